The van der Waals surface area contributed by atoms with Crippen molar-refractivity contribution in [1.29, 1.82) is 0 Å². The van der Waals surface area contributed by atoms with Crippen LogP contribution in [0, 0.1) is 0 Å². The van der Waals surface area contributed by atoms with Gasteiger partial charge in [-0.15, -0.1) is 0 Å². The summed E-state index contributed by atoms with van der Waals surface area (Å²) in [6.07, 6.45) is 3.83. The van der Waals surface area contributed by atoms with Gasteiger partial charge < -0.3 is 9.47 Å². The van der Waals surface area contributed by atoms with Crippen molar-refractivity contribution >= 4 is 92.7 Å². The van der Waals surface area contributed by atoms with Crippen molar-refractivity contribution in [2.75, 3.05) is 51.1 Å². The zero-order valence-electron chi connectivity index (χ0n) is 48.9. The second-order valence-electron chi connectivity index (χ2n) is 21.4. The van der Waals surface area contributed by atoms with Crippen molar-refractivity contribution in [3.8, 4) is 0 Å². The zero-order valence-corrected chi connectivity index (χ0v) is 52.5. The molecule has 0 spiro atoms. The molecule has 0 fully saturated rings. The van der Waals surface area contributed by atoms with Crippen LogP contribution in [0.25, 0.3) is 0 Å². The highest BCUT2D eigenvalue weighted by Gasteiger charge is 2.49. The summed E-state index contributed by atoms with van der Waals surface area (Å²) < 4.78 is 13.5. The molecule has 0 unspecified atom stereocenters. The zero-order chi connectivity index (χ0) is 58.4. The first-order chi connectivity index (χ1) is 42.7. The largest absolute Gasteiger partial charge is 0.374 e. The van der Waals surface area contributed by atoms with Crippen LogP contribution in [-0.2, 0) is 9.47 Å². The molecule has 6 heteroatoms. The van der Waals surface area contributed by atoms with Crippen molar-refractivity contribution < 1.29 is 9.47 Å². The van der Waals surface area contributed by atoms with E-state index in [2.05, 4.69) is 364 Å². The van der Waals surface area contributed by atoms with E-state index < -0.39 is 29.0 Å². The van der Waals surface area contributed by atoms with Crippen LogP contribution in [0.2, 0.25) is 0 Å². The van der Waals surface area contributed by atoms with E-state index in [0.29, 0.717) is 26.4 Å². The van der Waals surface area contributed by atoms with Gasteiger partial charge in [-0.2, -0.15) is 0 Å². The summed E-state index contributed by atoms with van der Waals surface area (Å²) in [5.41, 5.74) is 0. The van der Waals surface area contributed by atoms with Gasteiger partial charge in [0.2, 0.25) is 0 Å². The molecule has 0 aliphatic heterocycles. The van der Waals surface area contributed by atoms with E-state index in [-0.39, 0.29) is 0 Å². The normalized spacial score (nSPS) is 11.7. The molecule has 0 amide bonds. The molecule has 12 aromatic rings. The van der Waals surface area contributed by atoms with Gasteiger partial charge in [-0.25, -0.2) is 0 Å². The molecule has 0 N–H and O–H groups in total. The average Bonchev–Trinajstić information content (AvgIpc) is 1.58. The Labute approximate surface area is 514 Å². The molecule has 12 aromatic carbocycles. The summed E-state index contributed by atoms with van der Waals surface area (Å²) in [7, 11) is -7.70. The van der Waals surface area contributed by atoms with Gasteiger partial charge in [-0.3, -0.25) is 0 Å². The summed E-state index contributed by atoms with van der Waals surface area (Å²) >= 11 is 0. The van der Waals surface area contributed by atoms with Crippen molar-refractivity contribution in [3.63, 3.8) is 0 Å². The van der Waals surface area contributed by atoms with Gasteiger partial charge in [-0.05, 0) is 146 Å². The lowest BCUT2D eigenvalue weighted by Gasteiger charge is -2.29. The fourth-order valence-electron chi connectivity index (χ4n) is 12.5. The first-order valence-electron chi connectivity index (χ1n) is 30.0. The van der Waals surface area contributed by atoms with Gasteiger partial charge >= 0.3 is 0 Å². The predicted molar refractivity (Wildman–Crippen MR) is 382 cm³/mol. The van der Waals surface area contributed by atoms with Gasteiger partial charge in [0.25, 0.3) is 0 Å². The fraction of sp³-hybridized carbons (Fsp3) is 0.100. The van der Waals surface area contributed by atoms with E-state index in [4.69, 9.17) is 9.47 Å². The third-order valence-corrected chi connectivity index (χ3v) is 34.2. The van der Waals surface area contributed by atoms with Crippen LogP contribution in [-0.4, -0.2) is 51.1 Å². The lowest BCUT2D eigenvalue weighted by molar-refractivity contribution is 0.166. The minimum atomic E-state index is -1.92. The summed E-state index contributed by atoms with van der Waals surface area (Å²) in [4.78, 5) is 0. The molecule has 0 aliphatic carbocycles. The maximum Gasteiger partial charge on any atom is 0.114 e. The molecule has 0 atom stereocenters. The molecule has 86 heavy (non-hydrogen) atoms. The van der Waals surface area contributed by atoms with Crippen LogP contribution in [0.1, 0.15) is 0 Å². The highest BCUT2D eigenvalue weighted by molar-refractivity contribution is 7.97. The highest BCUT2D eigenvalue weighted by atomic mass is 31.2. The minimum absolute atomic E-state index is 0.699. The molecule has 0 aliphatic rings. The topological polar surface area (TPSA) is 18.5 Å². The number of benzene rings is 12. The van der Waals surface area contributed by atoms with E-state index in [1.54, 1.807) is 0 Å². The number of rotatable bonds is 24. The smallest absolute Gasteiger partial charge is 0.114 e. The van der Waals surface area contributed by atoms with Crippen LogP contribution in [0.5, 0.6) is 0 Å². The van der Waals surface area contributed by atoms with Crippen LogP contribution in [0.3, 0.4) is 0 Å². The molecule has 0 radical (unpaired) electrons. The van der Waals surface area contributed by atoms with Gasteiger partial charge in [0.05, 0.1) is 51.1 Å². The highest BCUT2D eigenvalue weighted by Crippen LogP contribution is 2.58. The summed E-state index contributed by atoms with van der Waals surface area (Å²) in [5, 5.41) is 16.8. The Hall–Kier alpha value is -7.72. The maximum absolute atomic E-state index is 6.73. The molecule has 0 heterocycles. The predicted octanol–water partition coefficient (Wildman–Crippen LogP) is 14.0. The van der Waals surface area contributed by atoms with Crippen LogP contribution in [0.4, 0.5) is 0 Å². The Kier molecular flexibility index (Phi) is 21.0. The van der Waals surface area contributed by atoms with Crippen molar-refractivity contribution in [3.05, 3.63) is 364 Å². The number of ether oxygens (including phenoxy) is 2. The van der Waals surface area contributed by atoms with Gasteiger partial charge in [-0.1, -0.05) is 218 Å². The van der Waals surface area contributed by atoms with Gasteiger partial charge in [0.15, 0.2) is 0 Å². The monoisotopic (exact) mass is 1190 g/mol. The van der Waals surface area contributed by atoms with Crippen LogP contribution >= 0.6 is 29.0 Å². The average molecular weight is 1190 g/mol. The van der Waals surface area contributed by atoms with Crippen LogP contribution < -0.4 is 63.7 Å². The Balaban J connectivity index is 0.000000179. The molecule has 12 rings (SSSR count). The molecule has 424 valence electrons. The van der Waals surface area contributed by atoms with Crippen molar-refractivity contribution in [2.45, 2.75) is 0 Å². The fourth-order valence-corrected chi connectivity index (χ4v) is 29.0. The molecular formula is C80H76O2P4+4. The number of hydrogen-bond donors (Lipinski definition) is 0. The van der Waals surface area contributed by atoms with E-state index in [0.717, 1.165) is 24.6 Å². The van der Waals surface area contributed by atoms with Crippen molar-refractivity contribution in [1.82, 2.24) is 0 Å². The second kappa shape index (κ2) is 30.1. The Morgan fingerprint density at radius 3 is 0.326 bits per heavy atom. The first kappa shape index (κ1) is 60.0. The SMILES string of the molecule is c1ccc([P+](CCOCC[P+](c2ccccc2)(c2ccccc2)c2ccccc2)(c2ccccc2)c2ccccc2)cc1.c1ccc([P+](CCOCC[P+](c2ccccc2)(c2ccccc2)c2ccccc2)(c2ccccc2)c2ccccc2)cc1. The minimum Gasteiger partial charge on any atom is -0.374 e. The Morgan fingerprint density at radius 2 is 0.233 bits per heavy atom. The third kappa shape index (κ3) is 13.3. The van der Waals surface area contributed by atoms with Gasteiger partial charge in [0, 0.05) is 0 Å². The molecule has 0 saturated heterocycles. The maximum atomic E-state index is 6.73. The first-order valence-corrected chi connectivity index (χ1v) is 37.9. The van der Waals surface area contributed by atoms with E-state index in [1.807, 2.05) is 0 Å². The van der Waals surface area contributed by atoms with Crippen molar-refractivity contribution in [2.24, 2.45) is 0 Å². The second-order valence-corrected chi connectivity index (χ2v) is 35.8. The van der Waals surface area contributed by atoms with E-state index >= 15 is 0 Å². The summed E-state index contributed by atoms with van der Waals surface area (Å²) in [5.74, 6) is 0. The molecule has 0 saturated carbocycles. The van der Waals surface area contributed by atoms with Crippen LogP contribution in [0.15, 0.2) is 364 Å². The third-order valence-electron chi connectivity index (χ3n) is 16.6. The quantitative estimate of drug-likeness (QED) is 0.0443. The number of hydrogen-bond acceptors (Lipinski definition) is 2. The lowest BCUT2D eigenvalue weighted by atomic mass is 10.4. The summed E-state index contributed by atoms with van der Waals surface area (Å²) in [6.45, 7) is 2.80. The molecule has 0 bridgehead atoms. The van der Waals surface area contributed by atoms with E-state index in [1.165, 1.54) is 63.7 Å². The molecule has 0 aromatic heterocycles. The Bertz CT molecular complexity index is 2940. The van der Waals surface area contributed by atoms with E-state index in [9.17, 15) is 0 Å². The summed E-state index contributed by atoms with van der Waals surface area (Å²) in [6, 6.07) is 133. The lowest BCUT2D eigenvalue weighted by Crippen LogP contribution is -2.36. The standard InChI is InChI=1S/2C40H38OP2/c2*1-7-19-35(20-8-1)42(36-21-9-2-10-22-36,37-23-11-3-12-24-37)33-31-41-32-34-43(38-25-13-4-14-26-38,39-27-15-5-16-28-39)40-29-17-6-18-30-40/h2*1-30H,31-34H2/q2*+2. The molecular weight excluding hydrogens is 1120 g/mol. The Morgan fingerprint density at radius 1 is 0.140 bits per heavy atom. The molecule has 2 nitrogen and oxygen atoms in total. The van der Waals surface area contributed by atoms with Gasteiger partial charge in [0.1, 0.15) is 92.7 Å².